The molecule has 22 heavy (non-hydrogen) atoms. The lowest BCUT2D eigenvalue weighted by molar-refractivity contribution is -0.146. The van der Waals surface area contributed by atoms with Gasteiger partial charge in [-0.3, -0.25) is 0 Å². The van der Waals surface area contributed by atoms with Crippen LogP contribution in [-0.4, -0.2) is 14.9 Å². The first-order chi connectivity index (χ1) is 10.00. The van der Waals surface area contributed by atoms with Gasteiger partial charge in [0.2, 0.25) is 5.16 Å². The number of benzene rings is 1. The Morgan fingerprint density at radius 1 is 1.00 bits per heavy atom. The molecule has 1 aromatic heterocycles. The number of anilines is 1. The van der Waals surface area contributed by atoms with Gasteiger partial charge in [-0.15, -0.1) is 10.2 Å². The summed E-state index contributed by atoms with van der Waals surface area (Å²) in [5.41, 5.74) is 4.23. The van der Waals surface area contributed by atoms with E-state index in [4.69, 9.17) is 11.6 Å². The molecule has 120 valence electrons. The van der Waals surface area contributed by atoms with Crippen LogP contribution in [0, 0.1) is 0 Å². The van der Waals surface area contributed by atoms with E-state index in [0.717, 1.165) is 12.1 Å². The van der Waals surface area contributed by atoms with Gasteiger partial charge in [-0.25, -0.2) is 4.68 Å². The van der Waals surface area contributed by atoms with Gasteiger partial charge in [0.1, 0.15) is 0 Å². The molecule has 1 heterocycles. The summed E-state index contributed by atoms with van der Waals surface area (Å²) in [5, 5.41) is 5.77. The van der Waals surface area contributed by atoms with Crippen molar-refractivity contribution in [2.75, 3.05) is 11.6 Å². The molecule has 0 radical (unpaired) electrons. The van der Waals surface area contributed by atoms with Crippen molar-refractivity contribution in [3.8, 4) is 0 Å². The highest BCUT2D eigenvalue weighted by atomic mass is 32.2. The molecule has 0 atom stereocenters. The largest absolute Gasteiger partial charge is 0.453 e. The predicted octanol–water partition coefficient (Wildman–Crippen LogP) is 2.76. The van der Waals surface area contributed by atoms with Gasteiger partial charge in [-0.05, 0) is 30.0 Å². The zero-order valence-electron chi connectivity index (χ0n) is 10.4. The van der Waals surface area contributed by atoms with Crippen molar-refractivity contribution in [2.45, 2.75) is 22.4 Å². The molecule has 2 rings (SSSR count). The molecule has 0 aliphatic rings. The maximum Gasteiger partial charge on any atom is 0.453 e. The summed E-state index contributed by atoms with van der Waals surface area (Å²) >= 11 is 0.569. The summed E-state index contributed by atoms with van der Waals surface area (Å²) in [7, 11) is 0. The molecule has 0 saturated heterocycles. The molecule has 0 aliphatic carbocycles. The smallest absolute Gasteiger partial charge is 0.398 e. The number of hydrogen-bond donors (Lipinski definition) is 2. The van der Waals surface area contributed by atoms with Gasteiger partial charge in [0, 0.05) is 10.6 Å². The van der Waals surface area contributed by atoms with E-state index in [1.807, 2.05) is 0 Å². The Hall–Kier alpha value is -2.11. The molecule has 0 aliphatic heterocycles. The molecular formula is C10H7F6N5S. The zero-order valence-corrected chi connectivity index (χ0v) is 11.2. The van der Waals surface area contributed by atoms with Crippen LogP contribution in [0.1, 0.15) is 11.4 Å². The Balaban J connectivity index is 2.31. The minimum Gasteiger partial charge on any atom is -0.398 e. The van der Waals surface area contributed by atoms with Gasteiger partial charge >= 0.3 is 12.4 Å². The summed E-state index contributed by atoms with van der Waals surface area (Å²) in [6, 6.07) is 2.44. The quantitative estimate of drug-likeness (QED) is 0.498. The summed E-state index contributed by atoms with van der Waals surface area (Å²) in [6.45, 7) is 0. The van der Waals surface area contributed by atoms with E-state index in [1.165, 1.54) is 0 Å². The molecule has 5 nitrogen and oxygen atoms in total. The SMILES string of the molecule is Nc1cc(C(F)(F)F)ccc1Sc1nnc(C(F)(F)F)n1N. The summed E-state index contributed by atoms with van der Waals surface area (Å²) in [6.07, 6.45) is -9.37. The van der Waals surface area contributed by atoms with Crippen LogP contribution in [0.4, 0.5) is 32.0 Å². The Kier molecular flexibility index (Phi) is 3.89. The number of alkyl halides is 6. The zero-order chi connectivity index (χ0) is 16.7. The van der Waals surface area contributed by atoms with Crippen LogP contribution < -0.4 is 11.6 Å². The highest BCUT2D eigenvalue weighted by Crippen LogP contribution is 2.37. The molecular weight excluding hydrogens is 336 g/mol. The van der Waals surface area contributed by atoms with Gasteiger partial charge in [-0.2, -0.15) is 26.3 Å². The van der Waals surface area contributed by atoms with Gasteiger partial charge in [-0.1, -0.05) is 0 Å². The van der Waals surface area contributed by atoms with Crippen molar-refractivity contribution in [2.24, 2.45) is 0 Å². The minimum absolute atomic E-state index is 0.0702. The number of aromatic nitrogens is 3. The normalized spacial score (nSPS) is 12.6. The fraction of sp³-hybridized carbons (Fsp3) is 0.200. The number of nitrogens with two attached hydrogens (primary N) is 2. The first kappa shape index (κ1) is 16.3. The van der Waals surface area contributed by atoms with E-state index in [1.54, 1.807) is 0 Å². The summed E-state index contributed by atoms with van der Waals surface area (Å²) in [4.78, 5) is 0.0702. The molecule has 12 heteroatoms. The van der Waals surface area contributed by atoms with E-state index in [9.17, 15) is 26.3 Å². The lowest BCUT2D eigenvalue weighted by Crippen LogP contribution is -2.21. The van der Waals surface area contributed by atoms with Crippen LogP contribution in [0.2, 0.25) is 0 Å². The standard InChI is InChI=1S/C10H7F6N5S/c11-9(12,13)4-1-2-6(5(17)3-4)22-8-20-19-7(21(8)18)10(14,15)16/h1-3H,17-18H2. The average Bonchev–Trinajstić information content (AvgIpc) is 2.72. The van der Waals surface area contributed by atoms with Gasteiger partial charge in [0.15, 0.2) is 0 Å². The van der Waals surface area contributed by atoms with Crippen LogP contribution in [0.25, 0.3) is 0 Å². The third-order valence-electron chi connectivity index (χ3n) is 2.46. The average molecular weight is 343 g/mol. The van der Waals surface area contributed by atoms with Crippen LogP contribution in [0.5, 0.6) is 0 Å². The van der Waals surface area contributed by atoms with Crippen molar-refractivity contribution in [1.29, 1.82) is 0 Å². The molecule has 0 bridgehead atoms. The Morgan fingerprint density at radius 3 is 2.09 bits per heavy atom. The molecule has 1 aromatic carbocycles. The van der Waals surface area contributed by atoms with E-state index in [2.05, 4.69) is 10.2 Å². The summed E-state index contributed by atoms with van der Waals surface area (Å²) < 4.78 is 75.2. The highest BCUT2D eigenvalue weighted by Gasteiger charge is 2.38. The van der Waals surface area contributed by atoms with Crippen molar-refractivity contribution in [3.05, 3.63) is 29.6 Å². The predicted molar refractivity (Wildman–Crippen MR) is 65.2 cm³/mol. The second-order valence-electron chi connectivity index (χ2n) is 4.03. The Labute approximate surface area is 123 Å². The van der Waals surface area contributed by atoms with Gasteiger partial charge < -0.3 is 11.6 Å². The number of nitrogen functional groups attached to an aromatic ring is 2. The highest BCUT2D eigenvalue weighted by molar-refractivity contribution is 7.99. The van der Waals surface area contributed by atoms with Crippen molar-refractivity contribution in [1.82, 2.24) is 14.9 Å². The third-order valence-corrected chi connectivity index (χ3v) is 3.51. The van der Waals surface area contributed by atoms with Crippen molar-refractivity contribution in [3.63, 3.8) is 0 Å². The first-order valence-electron chi connectivity index (χ1n) is 5.42. The molecule has 0 fully saturated rings. The molecule has 2 aromatic rings. The lowest BCUT2D eigenvalue weighted by Gasteiger charge is -2.10. The molecule has 0 amide bonds. The molecule has 0 spiro atoms. The van der Waals surface area contributed by atoms with Gasteiger partial charge in [0.25, 0.3) is 5.82 Å². The molecule has 0 saturated carbocycles. The maximum absolute atomic E-state index is 12.5. The topological polar surface area (TPSA) is 82.8 Å². The number of hydrogen-bond acceptors (Lipinski definition) is 5. The maximum atomic E-state index is 12.5. The second kappa shape index (κ2) is 5.26. The van der Waals surface area contributed by atoms with Gasteiger partial charge in [0.05, 0.1) is 5.56 Å². The van der Waals surface area contributed by atoms with Crippen LogP contribution in [0.3, 0.4) is 0 Å². The first-order valence-corrected chi connectivity index (χ1v) is 6.24. The fourth-order valence-corrected chi connectivity index (χ4v) is 2.23. The Morgan fingerprint density at radius 2 is 1.64 bits per heavy atom. The third kappa shape index (κ3) is 3.21. The van der Waals surface area contributed by atoms with Crippen molar-refractivity contribution < 1.29 is 26.3 Å². The van der Waals surface area contributed by atoms with E-state index >= 15 is 0 Å². The van der Waals surface area contributed by atoms with Crippen molar-refractivity contribution >= 4 is 17.4 Å². The lowest BCUT2D eigenvalue weighted by atomic mass is 10.2. The van der Waals surface area contributed by atoms with Crippen LogP contribution >= 0.6 is 11.8 Å². The fourth-order valence-electron chi connectivity index (χ4n) is 1.46. The Bertz CT molecular complexity index is 692. The van der Waals surface area contributed by atoms with Crippen LogP contribution in [-0.2, 0) is 12.4 Å². The molecule has 4 N–H and O–H groups in total. The van der Waals surface area contributed by atoms with E-state index in [-0.39, 0.29) is 20.4 Å². The second-order valence-corrected chi connectivity index (χ2v) is 5.04. The number of rotatable bonds is 2. The number of halogens is 6. The molecule has 0 unspecified atom stereocenters. The minimum atomic E-state index is -4.80. The van der Waals surface area contributed by atoms with Crippen LogP contribution in [0.15, 0.2) is 28.3 Å². The summed E-state index contributed by atoms with van der Waals surface area (Å²) in [5.74, 6) is 3.79. The van der Waals surface area contributed by atoms with E-state index in [0.29, 0.717) is 17.8 Å². The van der Waals surface area contributed by atoms with E-state index < -0.39 is 23.7 Å². The monoisotopic (exact) mass is 343 g/mol. The number of nitrogens with zero attached hydrogens (tertiary/aromatic N) is 3.